The molecule has 3 heteroatoms. The van der Waals surface area contributed by atoms with Crippen LogP contribution in [0.3, 0.4) is 0 Å². The summed E-state index contributed by atoms with van der Waals surface area (Å²) in [4.78, 5) is 6.46. The van der Waals surface area contributed by atoms with Gasteiger partial charge in [-0.25, -0.2) is 0 Å². The first-order valence-corrected chi connectivity index (χ1v) is 4.61. The minimum Gasteiger partial charge on any atom is -0.281 e. The molecule has 0 saturated carbocycles. The van der Waals surface area contributed by atoms with Gasteiger partial charge in [0.05, 0.1) is 6.67 Å². The van der Waals surface area contributed by atoms with Crippen molar-refractivity contribution in [3.63, 3.8) is 0 Å². The minimum absolute atomic E-state index is 0.871. The van der Waals surface area contributed by atoms with E-state index in [1.54, 1.807) is 11.3 Å². The number of hydrogen-bond donors (Lipinski definition) is 0. The summed E-state index contributed by atoms with van der Waals surface area (Å²) in [6.45, 7) is 2.93. The minimum atomic E-state index is 0.871. The van der Waals surface area contributed by atoms with E-state index in [0.717, 1.165) is 19.8 Å². The Kier molecular flexibility index (Phi) is 2.01. The van der Waals surface area contributed by atoms with Crippen molar-refractivity contribution in [2.75, 3.05) is 13.2 Å². The molecule has 1 aromatic heterocycles. The lowest BCUT2D eigenvalue weighted by atomic mass is 10.3. The highest BCUT2D eigenvalue weighted by Gasteiger charge is 2.06. The topological polar surface area (TPSA) is 15.6 Å². The Balaban J connectivity index is 1.91. The van der Waals surface area contributed by atoms with Gasteiger partial charge in [0, 0.05) is 19.3 Å². The Morgan fingerprint density at radius 3 is 3.27 bits per heavy atom. The van der Waals surface area contributed by atoms with Gasteiger partial charge in [-0.05, 0) is 22.4 Å². The van der Waals surface area contributed by atoms with Crippen molar-refractivity contribution in [1.29, 1.82) is 0 Å². The Labute approximate surface area is 70.2 Å². The van der Waals surface area contributed by atoms with E-state index in [9.17, 15) is 0 Å². The van der Waals surface area contributed by atoms with Crippen LogP contribution in [0.15, 0.2) is 21.8 Å². The van der Waals surface area contributed by atoms with Crippen LogP contribution in [0.2, 0.25) is 0 Å². The fraction of sp³-hybridized carbons (Fsp3) is 0.375. The number of hydrogen-bond acceptors (Lipinski definition) is 3. The van der Waals surface area contributed by atoms with E-state index in [-0.39, 0.29) is 0 Å². The molecular formula is C8H10N2S. The fourth-order valence-corrected chi connectivity index (χ4v) is 1.82. The third kappa shape index (κ3) is 1.67. The van der Waals surface area contributed by atoms with E-state index < -0.39 is 0 Å². The van der Waals surface area contributed by atoms with E-state index in [0.29, 0.717) is 0 Å². The Morgan fingerprint density at radius 2 is 2.64 bits per heavy atom. The van der Waals surface area contributed by atoms with E-state index in [1.807, 2.05) is 6.21 Å². The zero-order valence-corrected chi connectivity index (χ0v) is 7.05. The van der Waals surface area contributed by atoms with Crippen molar-refractivity contribution in [1.82, 2.24) is 4.90 Å². The van der Waals surface area contributed by atoms with Gasteiger partial charge in [0.25, 0.3) is 0 Å². The maximum absolute atomic E-state index is 4.15. The molecule has 2 heterocycles. The second-order valence-electron chi connectivity index (χ2n) is 2.65. The lowest BCUT2D eigenvalue weighted by Gasteiger charge is -2.10. The maximum atomic E-state index is 4.15. The summed E-state index contributed by atoms with van der Waals surface area (Å²) in [7, 11) is 0. The highest BCUT2D eigenvalue weighted by molar-refractivity contribution is 7.07. The van der Waals surface area contributed by atoms with Crippen molar-refractivity contribution >= 4 is 17.6 Å². The molecule has 58 valence electrons. The summed E-state index contributed by atoms with van der Waals surface area (Å²) in [6, 6.07) is 2.17. The molecule has 1 aromatic rings. The number of nitrogens with zero attached hydrogens (tertiary/aromatic N) is 2. The first-order chi connectivity index (χ1) is 5.45. The zero-order valence-electron chi connectivity index (χ0n) is 6.23. The van der Waals surface area contributed by atoms with Crippen LogP contribution in [0, 0.1) is 0 Å². The smallest absolute Gasteiger partial charge is 0.0912 e. The quantitative estimate of drug-likeness (QED) is 0.651. The summed E-state index contributed by atoms with van der Waals surface area (Å²) in [5, 5.41) is 4.31. The molecule has 0 N–H and O–H groups in total. The summed E-state index contributed by atoms with van der Waals surface area (Å²) in [5.41, 5.74) is 1.40. The first kappa shape index (κ1) is 7.00. The van der Waals surface area contributed by atoms with Gasteiger partial charge in [0.15, 0.2) is 0 Å². The van der Waals surface area contributed by atoms with E-state index >= 15 is 0 Å². The molecule has 0 bridgehead atoms. The van der Waals surface area contributed by atoms with Gasteiger partial charge < -0.3 is 0 Å². The number of rotatable bonds is 2. The van der Waals surface area contributed by atoms with Crippen LogP contribution in [0.5, 0.6) is 0 Å². The normalized spacial score (nSPS) is 17.8. The Morgan fingerprint density at radius 1 is 1.64 bits per heavy atom. The molecule has 2 nitrogen and oxygen atoms in total. The summed E-state index contributed by atoms with van der Waals surface area (Å²) >= 11 is 1.76. The van der Waals surface area contributed by atoms with Crippen molar-refractivity contribution in [3.05, 3.63) is 22.4 Å². The Bertz CT molecular complexity index is 233. The molecule has 0 aliphatic carbocycles. The standard InChI is InChI=1S/C8H10N2S/c1-4-11-6-8(1)5-10-3-2-9-7-10/h1-2,4,6H,3,5,7H2. The third-order valence-corrected chi connectivity index (χ3v) is 2.47. The van der Waals surface area contributed by atoms with Crippen LogP contribution in [0.25, 0.3) is 0 Å². The molecule has 1 aliphatic heterocycles. The van der Waals surface area contributed by atoms with Crippen LogP contribution in [-0.4, -0.2) is 24.3 Å². The highest BCUT2D eigenvalue weighted by Crippen LogP contribution is 2.09. The van der Waals surface area contributed by atoms with Crippen molar-refractivity contribution < 1.29 is 0 Å². The van der Waals surface area contributed by atoms with Gasteiger partial charge in [0.2, 0.25) is 0 Å². The zero-order chi connectivity index (χ0) is 7.52. The van der Waals surface area contributed by atoms with Crippen LogP contribution >= 0.6 is 11.3 Å². The van der Waals surface area contributed by atoms with E-state index in [1.165, 1.54) is 5.56 Å². The maximum Gasteiger partial charge on any atom is 0.0912 e. The highest BCUT2D eigenvalue weighted by atomic mass is 32.1. The molecule has 0 fully saturated rings. The van der Waals surface area contributed by atoms with Crippen molar-refractivity contribution in [2.45, 2.75) is 6.54 Å². The number of aliphatic imine (C=N–C) groups is 1. The van der Waals surface area contributed by atoms with E-state index in [2.05, 4.69) is 26.7 Å². The Hall–Kier alpha value is -0.670. The molecule has 2 rings (SSSR count). The molecule has 0 saturated heterocycles. The predicted octanol–water partition coefficient (Wildman–Crippen LogP) is 1.59. The molecular weight excluding hydrogens is 156 g/mol. The molecule has 11 heavy (non-hydrogen) atoms. The average Bonchev–Trinajstić information content (AvgIpc) is 2.60. The third-order valence-electron chi connectivity index (χ3n) is 1.74. The summed E-state index contributed by atoms with van der Waals surface area (Å²) < 4.78 is 0. The van der Waals surface area contributed by atoms with Crippen LogP contribution in [0.1, 0.15) is 5.56 Å². The van der Waals surface area contributed by atoms with Crippen LogP contribution in [-0.2, 0) is 6.54 Å². The molecule has 0 atom stereocenters. The van der Waals surface area contributed by atoms with Gasteiger partial charge in [-0.3, -0.25) is 9.89 Å². The van der Waals surface area contributed by atoms with Crippen molar-refractivity contribution in [2.24, 2.45) is 4.99 Å². The predicted molar refractivity (Wildman–Crippen MR) is 48.1 cm³/mol. The van der Waals surface area contributed by atoms with Crippen molar-refractivity contribution in [3.8, 4) is 0 Å². The largest absolute Gasteiger partial charge is 0.281 e. The lowest BCUT2D eigenvalue weighted by Crippen LogP contribution is -2.19. The fourth-order valence-electron chi connectivity index (χ4n) is 1.16. The van der Waals surface area contributed by atoms with Gasteiger partial charge >= 0.3 is 0 Å². The molecule has 0 spiro atoms. The van der Waals surface area contributed by atoms with Crippen LogP contribution in [0.4, 0.5) is 0 Å². The van der Waals surface area contributed by atoms with Gasteiger partial charge in [0.1, 0.15) is 0 Å². The molecule has 0 radical (unpaired) electrons. The van der Waals surface area contributed by atoms with Gasteiger partial charge in [-0.2, -0.15) is 11.3 Å². The van der Waals surface area contributed by atoms with Gasteiger partial charge in [-0.1, -0.05) is 0 Å². The molecule has 0 amide bonds. The summed E-state index contributed by atoms with van der Waals surface area (Å²) in [6.07, 6.45) is 1.98. The van der Waals surface area contributed by atoms with Gasteiger partial charge in [-0.15, -0.1) is 0 Å². The lowest BCUT2D eigenvalue weighted by molar-refractivity contribution is 0.336. The molecule has 1 aliphatic rings. The van der Waals surface area contributed by atoms with E-state index in [4.69, 9.17) is 0 Å². The second kappa shape index (κ2) is 3.15. The molecule has 0 unspecified atom stereocenters. The average molecular weight is 166 g/mol. The SMILES string of the molecule is C1=NCN(Cc2ccsc2)C1. The first-order valence-electron chi connectivity index (χ1n) is 3.67. The monoisotopic (exact) mass is 166 g/mol. The van der Waals surface area contributed by atoms with Crippen LogP contribution < -0.4 is 0 Å². The summed E-state index contributed by atoms with van der Waals surface area (Å²) in [5.74, 6) is 0. The second-order valence-corrected chi connectivity index (χ2v) is 3.43. The number of thiophene rings is 1. The molecule has 0 aromatic carbocycles.